The Labute approximate surface area is 603 Å². The topological polar surface area (TPSA) is 326 Å². The summed E-state index contributed by atoms with van der Waals surface area (Å²) in [5.74, 6) is -11.2. The van der Waals surface area contributed by atoms with Gasteiger partial charge in [0.05, 0.1) is 56.4 Å². The number of benzene rings is 7. The maximum Gasteiger partial charge on any atom is 0.352 e. The van der Waals surface area contributed by atoms with Crippen LogP contribution in [0.4, 0.5) is 0 Å². The number of rotatable bonds is 27. The Morgan fingerprint density at radius 1 is 0.343 bits per heavy atom. The second-order valence-corrected chi connectivity index (χ2v) is 26.4. The predicted octanol–water partition coefficient (Wildman–Crippen LogP) is 9.45. The van der Waals surface area contributed by atoms with Crippen LogP contribution in [-0.4, -0.2) is 171 Å². The van der Waals surface area contributed by atoms with Crippen LogP contribution in [-0.2, 0) is 90.2 Å². The maximum absolute atomic E-state index is 14.7. The van der Waals surface area contributed by atoms with E-state index in [1.165, 1.54) is 175 Å². The van der Waals surface area contributed by atoms with E-state index in [-0.39, 0.29) is 38.9 Å². The van der Waals surface area contributed by atoms with Crippen molar-refractivity contribution in [2.24, 2.45) is 10.8 Å². The van der Waals surface area contributed by atoms with Crippen molar-refractivity contribution in [3.8, 4) is 0 Å². The van der Waals surface area contributed by atoms with Gasteiger partial charge in [0.1, 0.15) is 31.5 Å². The summed E-state index contributed by atoms with van der Waals surface area (Å²) in [7, 11) is 0. The van der Waals surface area contributed by atoms with Crippen molar-refractivity contribution in [2.45, 2.75) is 134 Å². The minimum atomic E-state index is -2.10. The Morgan fingerprint density at radius 2 is 0.676 bits per heavy atom. The molecule has 0 radical (unpaired) electrons. The molecule has 548 valence electrons. The summed E-state index contributed by atoms with van der Waals surface area (Å²) in [5, 5.41) is 0. The normalized spacial score (nSPS) is 22.0. The summed E-state index contributed by atoms with van der Waals surface area (Å²) in [6.45, 7) is 7.41. The Bertz CT molecular complexity index is 4170. The molecule has 26 heteroatoms. The molecule has 3 aliphatic heterocycles. The van der Waals surface area contributed by atoms with E-state index in [1.54, 1.807) is 78.9 Å². The fourth-order valence-corrected chi connectivity index (χ4v) is 11.0. The Balaban J connectivity index is 1.08. The lowest BCUT2D eigenvalue weighted by Gasteiger charge is -2.32. The summed E-state index contributed by atoms with van der Waals surface area (Å²) in [4.78, 5) is 156. The predicted molar refractivity (Wildman–Crippen MR) is 364 cm³/mol. The zero-order chi connectivity index (χ0) is 75.0. The van der Waals surface area contributed by atoms with Crippen LogP contribution >= 0.6 is 0 Å². The molecule has 7 aromatic rings. The highest BCUT2D eigenvalue weighted by molar-refractivity contribution is 5.95. The molecule has 3 aliphatic rings. The molecule has 3 fully saturated rings. The van der Waals surface area contributed by atoms with Crippen LogP contribution in [0.15, 0.2) is 212 Å². The third-order valence-corrected chi connectivity index (χ3v) is 16.4. The fourth-order valence-electron chi connectivity index (χ4n) is 11.0. The number of ether oxygens (including phenoxy) is 15. The van der Waals surface area contributed by atoms with Gasteiger partial charge in [0, 0.05) is 6.92 Å². The first-order chi connectivity index (χ1) is 50.3. The van der Waals surface area contributed by atoms with Crippen molar-refractivity contribution in [2.75, 3.05) is 19.8 Å². The van der Waals surface area contributed by atoms with Gasteiger partial charge in [-0.2, -0.15) is 0 Å². The van der Waals surface area contributed by atoms with Gasteiger partial charge in [-0.15, -0.1) is 0 Å². The van der Waals surface area contributed by atoms with Crippen LogP contribution < -0.4 is 0 Å². The molecule has 0 N–H and O–H groups in total. The molecule has 10 rings (SSSR count). The van der Waals surface area contributed by atoms with Crippen molar-refractivity contribution in [3.05, 3.63) is 251 Å². The van der Waals surface area contributed by atoms with Gasteiger partial charge in [-0.05, 0) is 126 Å². The summed E-state index contributed by atoms with van der Waals surface area (Å²) in [6.07, 6.45) is -27.1. The molecule has 3 saturated heterocycles. The van der Waals surface area contributed by atoms with Crippen LogP contribution in [0.1, 0.15) is 121 Å². The summed E-state index contributed by atoms with van der Waals surface area (Å²) < 4.78 is 93.5. The molecular weight excluding hydrogens is 1360 g/mol. The van der Waals surface area contributed by atoms with E-state index < -0.39 is 182 Å². The molecule has 26 nitrogen and oxygen atoms in total. The van der Waals surface area contributed by atoms with E-state index >= 15 is 0 Å². The zero-order valence-electron chi connectivity index (χ0n) is 58.0. The molecule has 7 aromatic carbocycles. The quantitative estimate of drug-likeness (QED) is 0.0341. The van der Waals surface area contributed by atoms with Crippen molar-refractivity contribution in [3.63, 3.8) is 0 Å². The smallest absolute Gasteiger partial charge is 0.352 e. The minimum absolute atomic E-state index is 0.00598. The molecule has 0 amide bonds. The van der Waals surface area contributed by atoms with E-state index in [1.807, 2.05) is 0 Å². The number of hydrogen-bond acceptors (Lipinski definition) is 26. The first-order valence-corrected chi connectivity index (χ1v) is 33.4. The molecule has 0 saturated carbocycles. The first-order valence-electron chi connectivity index (χ1n) is 33.4. The Morgan fingerprint density at radius 3 is 1.10 bits per heavy atom. The largest absolute Gasteiger partial charge is 0.462 e. The lowest BCUT2D eigenvalue weighted by molar-refractivity contribution is -0.249. The highest BCUT2D eigenvalue weighted by Gasteiger charge is 2.61. The molecule has 14 atom stereocenters. The summed E-state index contributed by atoms with van der Waals surface area (Å²) in [5.41, 5.74) is -2.66. The van der Waals surface area contributed by atoms with Crippen LogP contribution in [0.25, 0.3) is 0 Å². The molecule has 0 aromatic heterocycles. The molecule has 0 unspecified atom stereocenters. The molecule has 0 spiro atoms. The minimum Gasteiger partial charge on any atom is -0.462 e. The first kappa shape index (κ1) is 76.2. The van der Waals surface area contributed by atoms with Gasteiger partial charge in [-0.1, -0.05) is 127 Å². The third kappa shape index (κ3) is 19.8. The van der Waals surface area contributed by atoms with Gasteiger partial charge < -0.3 is 71.1 Å². The van der Waals surface area contributed by atoms with Crippen LogP contribution in [0.2, 0.25) is 0 Å². The number of esters is 11. The highest BCUT2D eigenvalue weighted by atomic mass is 16.8. The van der Waals surface area contributed by atoms with E-state index in [0.29, 0.717) is 0 Å². The zero-order valence-corrected chi connectivity index (χ0v) is 58.0. The molecule has 3 heterocycles. The van der Waals surface area contributed by atoms with Crippen LogP contribution in [0.3, 0.4) is 0 Å². The fraction of sp³-hybridized carbons (Fsp3) is 0.329. The average Bonchev–Trinajstić information content (AvgIpc) is 1.63. The number of hydrogen-bond donors (Lipinski definition) is 0. The number of carbonyl (C=O) groups excluding carboxylic acids is 11. The third-order valence-electron chi connectivity index (χ3n) is 16.4. The number of carbonyl (C=O) groups is 11. The second-order valence-electron chi connectivity index (χ2n) is 26.4. The highest BCUT2D eigenvalue weighted by Crippen LogP contribution is 2.39. The monoisotopic (exact) mass is 1440 g/mol. The van der Waals surface area contributed by atoms with E-state index in [4.69, 9.17) is 71.1 Å². The van der Waals surface area contributed by atoms with Crippen LogP contribution in [0.5, 0.6) is 0 Å². The van der Waals surface area contributed by atoms with E-state index in [2.05, 4.69) is 0 Å². The molecular formula is C79H76O26. The number of cyclic esters (lactones) is 1. The standard InChI is InChI=1S/C79H76O26/c1-46(80)94-61-59(103-74(64(61)105-77(90)79(5,6)7)92-44-55(96-68(83)49-33-19-10-20-34-49)57-60(99-69(84)50-35-21-11-22-36-50)63(73(88)98-57)101-71(86)52-39-25-13-26-40-52)56(45-93-76(89)78(2,3)4)97-75-65(102-72(87)53-41-27-14-28-42-53)62(100-70(85)51-37-23-12-24-38-51)58(104-75)54(95-67(82)48-31-17-9-18-32-48)43-91-66(81)47-29-15-8-16-30-47/h8-42,54-65,74-75H,43-45H2,1-7H3/t54-,55-,56-,57+,58+,59+,60+,61+,62+,63-,64-,65-,74-,75-/m1/s1. The Kier molecular flexibility index (Phi) is 25.2. The molecule has 0 aliphatic carbocycles. The maximum atomic E-state index is 14.7. The SMILES string of the molecule is CC(=O)O[C@H]1[C@H]([C@@H](COC(=O)C(C)(C)C)O[C@@H]2O[C@@H]([C@@H](COC(=O)c3ccccc3)OC(=O)c3ccccc3)[C@H](OC(=O)c3ccccc3)[C@H]2OC(=O)c2ccccc2)O[C@@H](OC[C@@H](OC(=O)c2ccccc2)[C@@H]2OC(=O)[C@H](OC(=O)c3ccccc3)[C@H]2OC(=O)c2ccccc2)[C@@H]1OC(=O)C(C)(C)C. The molecule has 105 heavy (non-hydrogen) atoms. The summed E-state index contributed by atoms with van der Waals surface area (Å²) in [6, 6.07) is 53.0. The van der Waals surface area contributed by atoms with Gasteiger partial charge >= 0.3 is 65.7 Å². The lowest BCUT2D eigenvalue weighted by atomic mass is 9.97. The van der Waals surface area contributed by atoms with Gasteiger partial charge in [-0.25, -0.2) is 38.4 Å². The molecule has 0 bridgehead atoms. The van der Waals surface area contributed by atoms with Gasteiger partial charge in [0.25, 0.3) is 0 Å². The van der Waals surface area contributed by atoms with Crippen molar-refractivity contribution >= 4 is 65.7 Å². The van der Waals surface area contributed by atoms with Gasteiger partial charge in [0.15, 0.2) is 61.4 Å². The van der Waals surface area contributed by atoms with Crippen molar-refractivity contribution < 1.29 is 124 Å². The average molecular weight is 1440 g/mol. The lowest BCUT2D eigenvalue weighted by Crippen LogP contribution is -2.50. The van der Waals surface area contributed by atoms with E-state index in [9.17, 15) is 52.7 Å². The second kappa shape index (κ2) is 34.7. The summed E-state index contributed by atoms with van der Waals surface area (Å²) >= 11 is 0. The Hall–Kier alpha value is -11.5. The van der Waals surface area contributed by atoms with Crippen molar-refractivity contribution in [1.82, 2.24) is 0 Å². The van der Waals surface area contributed by atoms with Gasteiger partial charge in [0.2, 0.25) is 6.10 Å². The van der Waals surface area contributed by atoms with E-state index in [0.717, 1.165) is 6.92 Å². The van der Waals surface area contributed by atoms with Gasteiger partial charge in [-0.3, -0.25) is 14.4 Å². The van der Waals surface area contributed by atoms with Crippen molar-refractivity contribution in [1.29, 1.82) is 0 Å². The van der Waals surface area contributed by atoms with Crippen LogP contribution in [0, 0.1) is 10.8 Å².